The molecule has 1 saturated carbocycles. The van der Waals surface area contributed by atoms with Crippen molar-refractivity contribution in [3.8, 4) is 0 Å². The van der Waals surface area contributed by atoms with Gasteiger partial charge in [0.15, 0.2) is 0 Å². The highest BCUT2D eigenvalue weighted by Gasteiger charge is 2.41. The van der Waals surface area contributed by atoms with E-state index in [0.717, 1.165) is 24.1 Å². The molecule has 1 aromatic heterocycles. The number of thiophene rings is 1. The third-order valence-corrected chi connectivity index (χ3v) is 4.46. The smallest absolute Gasteiger partial charge is 0.258 e. The van der Waals surface area contributed by atoms with Crippen LogP contribution in [-0.4, -0.2) is 16.8 Å². The van der Waals surface area contributed by atoms with Gasteiger partial charge in [0.1, 0.15) is 6.17 Å². The second-order valence-electron chi connectivity index (χ2n) is 5.09. The quantitative estimate of drug-likeness (QED) is 0.906. The topological polar surface area (TPSA) is 32.3 Å². The van der Waals surface area contributed by atoms with Crippen LogP contribution in [0.15, 0.2) is 41.1 Å². The third-order valence-electron chi connectivity index (χ3n) is 3.76. The summed E-state index contributed by atoms with van der Waals surface area (Å²) in [4.78, 5) is 14.7. The Hall–Kier alpha value is -1.81. The van der Waals surface area contributed by atoms with Crippen molar-refractivity contribution >= 4 is 22.9 Å². The highest BCUT2D eigenvalue weighted by Crippen LogP contribution is 2.40. The van der Waals surface area contributed by atoms with Crippen LogP contribution in [-0.2, 0) is 0 Å². The number of nitrogens with zero attached hydrogens (tertiary/aromatic N) is 1. The zero-order valence-electron chi connectivity index (χ0n) is 10.4. The highest BCUT2D eigenvalue weighted by atomic mass is 32.1. The van der Waals surface area contributed by atoms with Crippen molar-refractivity contribution in [2.45, 2.75) is 25.0 Å². The Morgan fingerprint density at radius 1 is 1.21 bits per heavy atom. The second kappa shape index (κ2) is 4.10. The van der Waals surface area contributed by atoms with Gasteiger partial charge in [-0.05, 0) is 41.8 Å². The number of para-hydroxylation sites is 1. The first-order valence-electron chi connectivity index (χ1n) is 6.55. The summed E-state index contributed by atoms with van der Waals surface area (Å²) in [5, 5.41) is 7.69. The van der Waals surface area contributed by atoms with Crippen molar-refractivity contribution < 1.29 is 4.79 Å². The van der Waals surface area contributed by atoms with Crippen molar-refractivity contribution in [1.82, 2.24) is 4.90 Å². The van der Waals surface area contributed by atoms with Gasteiger partial charge in [-0.3, -0.25) is 4.79 Å². The Labute approximate surface area is 115 Å². The van der Waals surface area contributed by atoms with Gasteiger partial charge in [-0.25, -0.2) is 0 Å². The minimum Gasteiger partial charge on any atom is -0.361 e. The fourth-order valence-electron chi connectivity index (χ4n) is 2.67. The lowest BCUT2D eigenvalue weighted by molar-refractivity contribution is 0.0667. The molecule has 1 amide bonds. The van der Waals surface area contributed by atoms with Gasteiger partial charge in [0, 0.05) is 17.3 Å². The van der Waals surface area contributed by atoms with Crippen molar-refractivity contribution in [3.05, 3.63) is 52.2 Å². The number of hydrogen-bond donors (Lipinski definition) is 1. The van der Waals surface area contributed by atoms with Gasteiger partial charge < -0.3 is 10.2 Å². The summed E-state index contributed by atoms with van der Waals surface area (Å²) >= 11 is 1.67. The van der Waals surface area contributed by atoms with Gasteiger partial charge in [-0.1, -0.05) is 12.1 Å². The number of amides is 1. The van der Waals surface area contributed by atoms with Crippen LogP contribution >= 0.6 is 11.3 Å². The molecular formula is C15H14N2OS. The first-order chi connectivity index (χ1) is 9.34. The van der Waals surface area contributed by atoms with Crippen LogP contribution in [0.3, 0.4) is 0 Å². The molecule has 1 fully saturated rings. The zero-order valence-corrected chi connectivity index (χ0v) is 11.2. The third kappa shape index (κ3) is 1.75. The first-order valence-corrected chi connectivity index (χ1v) is 7.49. The largest absolute Gasteiger partial charge is 0.361 e. The molecule has 1 aliphatic carbocycles. The number of benzene rings is 1. The predicted octanol–water partition coefficient (Wildman–Crippen LogP) is 3.48. The SMILES string of the molecule is O=C1c2ccccc2N[C@@H](c2ccsc2)N1C1CC1. The molecule has 1 aromatic carbocycles. The van der Waals surface area contributed by atoms with E-state index in [1.165, 1.54) is 5.56 Å². The summed E-state index contributed by atoms with van der Waals surface area (Å²) in [6.45, 7) is 0. The molecule has 2 aromatic rings. The molecule has 4 rings (SSSR count). The Balaban J connectivity index is 1.81. The number of carbonyl (C=O) groups excluding carboxylic acids is 1. The van der Waals surface area contributed by atoms with Crippen LogP contribution in [0.4, 0.5) is 5.69 Å². The molecule has 0 unspecified atom stereocenters. The van der Waals surface area contributed by atoms with Crippen LogP contribution in [0, 0.1) is 0 Å². The van der Waals surface area contributed by atoms with Crippen LogP contribution in [0.1, 0.15) is 34.9 Å². The lowest BCUT2D eigenvalue weighted by Gasteiger charge is -2.38. The Kier molecular flexibility index (Phi) is 2.38. The summed E-state index contributed by atoms with van der Waals surface area (Å²) in [7, 11) is 0. The van der Waals surface area contributed by atoms with E-state index in [1.807, 2.05) is 29.2 Å². The van der Waals surface area contributed by atoms with Crippen LogP contribution in [0.25, 0.3) is 0 Å². The molecule has 3 nitrogen and oxygen atoms in total. The Morgan fingerprint density at radius 3 is 2.79 bits per heavy atom. The summed E-state index contributed by atoms with van der Waals surface area (Å²) in [6.07, 6.45) is 2.23. The number of hydrogen-bond acceptors (Lipinski definition) is 3. The van der Waals surface area contributed by atoms with Crippen molar-refractivity contribution in [2.24, 2.45) is 0 Å². The molecule has 1 aliphatic heterocycles. The minimum absolute atomic E-state index is 0.0128. The number of fused-ring (bicyclic) bond motifs is 1. The van der Waals surface area contributed by atoms with Gasteiger partial charge in [0.2, 0.25) is 0 Å². The maximum atomic E-state index is 12.7. The molecule has 4 heteroatoms. The van der Waals surface area contributed by atoms with Gasteiger partial charge in [0.25, 0.3) is 5.91 Å². The molecule has 0 saturated heterocycles. The Morgan fingerprint density at radius 2 is 2.05 bits per heavy atom. The second-order valence-corrected chi connectivity index (χ2v) is 5.87. The molecule has 0 bridgehead atoms. The molecule has 2 heterocycles. The summed E-state index contributed by atoms with van der Waals surface area (Å²) in [5.41, 5.74) is 2.92. The normalized spacial score (nSPS) is 22.0. The average Bonchev–Trinajstić information content (AvgIpc) is 3.12. The average molecular weight is 270 g/mol. The number of rotatable bonds is 2. The molecule has 96 valence electrons. The van der Waals surface area contributed by atoms with Gasteiger partial charge >= 0.3 is 0 Å². The molecular weight excluding hydrogens is 256 g/mol. The van der Waals surface area contributed by atoms with E-state index in [9.17, 15) is 4.79 Å². The number of carbonyl (C=O) groups is 1. The van der Waals surface area contributed by atoms with E-state index >= 15 is 0 Å². The monoisotopic (exact) mass is 270 g/mol. The Bertz CT molecular complexity index is 619. The van der Waals surface area contributed by atoms with Crippen molar-refractivity contribution in [1.29, 1.82) is 0 Å². The van der Waals surface area contributed by atoms with E-state index in [2.05, 4.69) is 22.1 Å². The zero-order chi connectivity index (χ0) is 12.8. The first kappa shape index (κ1) is 11.1. The van der Waals surface area contributed by atoms with Crippen LogP contribution in [0.5, 0.6) is 0 Å². The van der Waals surface area contributed by atoms with Crippen LogP contribution < -0.4 is 5.32 Å². The standard InChI is InChI=1S/C15H14N2OS/c18-15-12-3-1-2-4-13(12)16-14(10-7-8-19-9-10)17(15)11-5-6-11/h1-4,7-9,11,14,16H,5-6H2/t14-/m1/s1. The predicted molar refractivity (Wildman–Crippen MR) is 76.3 cm³/mol. The van der Waals surface area contributed by atoms with Gasteiger partial charge in [0.05, 0.1) is 5.56 Å². The molecule has 19 heavy (non-hydrogen) atoms. The summed E-state index contributed by atoms with van der Waals surface area (Å²) in [6, 6.07) is 10.3. The summed E-state index contributed by atoms with van der Waals surface area (Å²) in [5.74, 6) is 0.160. The molecule has 2 aliphatic rings. The molecule has 1 atom stereocenters. The highest BCUT2D eigenvalue weighted by molar-refractivity contribution is 7.08. The van der Waals surface area contributed by atoms with E-state index in [1.54, 1.807) is 11.3 Å². The van der Waals surface area contributed by atoms with E-state index in [0.29, 0.717) is 6.04 Å². The van der Waals surface area contributed by atoms with E-state index < -0.39 is 0 Å². The maximum Gasteiger partial charge on any atom is 0.258 e. The van der Waals surface area contributed by atoms with Gasteiger partial charge in [-0.15, -0.1) is 0 Å². The lowest BCUT2D eigenvalue weighted by atomic mass is 10.0. The van der Waals surface area contributed by atoms with Crippen molar-refractivity contribution in [2.75, 3.05) is 5.32 Å². The fourth-order valence-corrected chi connectivity index (χ4v) is 3.35. The lowest BCUT2D eigenvalue weighted by Crippen LogP contribution is -2.44. The van der Waals surface area contributed by atoms with E-state index in [-0.39, 0.29) is 12.1 Å². The molecule has 1 N–H and O–H groups in total. The molecule has 0 radical (unpaired) electrons. The number of anilines is 1. The van der Waals surface area contributed by atoms with Crippen molar-refractivity contribution in [3.63, 3.8) is 0 Å². The van der Waals surface area contributed by atoms with E-state index in [4.69, 9.17) is 0 Å². The van der Waals surface area contributed by atoms with Gasteiger partial charge in [-0.2, -0.15) is 11.3 Å². The maximum absolute atomic E-state index is 12.7. The minimum atomic E-state index is -0.0128. The molecule has 0 spiro atoms. The number of nitrogens with one attached hydrogen (secondary N) is 1. The fraction of sp³-hybridized carbons (Fsp3) is 0.267. The summed E-state index contributed by atoms with van der Waals surface area (Å²) < 4.78 is 0. The van der Waals surface area contributed by atoms with Crippen LogP contribution in [0.2, 0.25) is 0 Å².